The molecule has 0 saturated carbocycles. The van der Waals surface area contributed by atoms with E-state index in [1.165, 1.54) is 57.8 Å². The Morgan fingerprint density at radius 2 is 0.452 bits per heavy atom. The van der Waals surface area contributed by atoms with Gasteiger partial charge in [0, 0.05) is 69.0 Å². The summed E-state index contributed by atoms with van der Waals surface area (Å²) in [5.74, 6) is 13.6. The monoisotopic (exact) mass is 1550 g/mol. The van der Waals surface area contributed by atoms with E-state index in [0.29, 0.717) is 152 Å². The Bertz CT molecular complexity index is 1440. The molecule has 1 rings (SSSR count). The van der Waals surface area contributed by atoms with Crippen LogP contribution in [0.5, 0.6) is 18.0 Å². The molecular weight excluding hydrogens is 1420 g/mol. The summed E-state index contributed by atoms with van der Waals surface area (Å²) in [5.41, 5.74) is 0. The quantitative estimate of drug-likeness (QED) is 0.0318. The minimum absolute atomic E-state index is 0.205. The number of hydrogen-bond acceptors (Lipinski definition) is 30. The van der Waals surface area contributed by atoms with E-state index in [1.54, 1.807) is 0 Å². The molecule has 3 unspecified atom stereocenters. The van der Waals surface area contributed by atoms with Gasteiger partial charge >= 0.3 is 18.0 Å². The summed E-state index contributed by atoms with van der Waals surface area (Å²) < 4.78 is 88.5. The fourth-order valence-corrected chi connectivity index (χ4v) is 17.9. The molecule has 0 aliphatic heterocycles. The number of thioether (sulfide) groups is 9. The number of hydrogen-bond donors (Lipinski definition) is 3. The van der Waals surface area contributed by atoms with Crippen molar-refractivity contribution in [1.82, 2.24) is 15.0 Å². The standard InChI is InChI=1S/C63H123N3O15S12/c1-4-7-13-58(88-52-37-73-22-19-67-31-43-82)91-55-40-76-28-25-70-34-49-85-46-10-16-79-61-64-62(80-17-11-47-86-50-35-71-26-29-77-41-56-92-59(14-8-5-2)89-53-38-74-23-20-68-32-44-83)66-63(65-61)81-18-12-48-87-51-36-72-27-30-78-42-57-93-60(15-9-6-3)90-54-39-75-24-21-69-33-45-84/h58-60,82-84H,4-57H2,1-3H3. The van der Waals surface area contributed by atoms with Gasteiger partial charge < -0.3 is 71.1 Å². The highest BCUT2D eigenvalue weighted by Crippen LogP contribution is 2.31. The summed E-state index contributed by atoms with van der Waals surface area (Å²) in [6.07, 6.45) is 13.5. The highest BCUT2D eigenvalue weighted by Gasteiger charge is 2.14. The maximum Gasteiger partial charge on any atom is 0.325 e. The van der Waals surface area contributed by atoms with E-state index in [0.717, 1.165) is 145 Å². The zero-order chi connectivity index (χ0) is 66.7. The Labute approximate surface area is 618 Å². The van der Waals surface area contributed by atoms with Crippen molar-refractivity contribution in [2.75, 3.05) is 265 Å². The van der Waals surface area contributed by atoms with E-state index < -0.39 is 0 Å². The zero-order valence-corrected chi connectivity index (χ0v) is 66.9. The Kier molecular flexibility index (Phi) is 79.9. The van der Waals surface area contributed by atoms with E-state index in [2.05, 4.69) is 73.6 Å². The fourth-order valence-electron chi connectivity index (χ4n) is 7.46. The minimum Gasteiger partial charge on any atom is -0.463 e. The van der Waals surface area contributed by atoms with E-state index in [1.807, 2.05) is 106 Å². The topological polar surface area (TPSA) is 177 Å². The summed E-state index contributed by atoms with van der Waals surface area (Å²) in [6.45, 7) is 24.1. The smallest absolute Gasteiger partial charge is 0.325 e. The van der Waals surface area contributed by atoms with Crippen molar-refractivity contribution in [3.05, 3.63) is 0 Å². The maximum atomic E-state index is 6.03. The summed E-state index contributed by atoms with van der Waals surface area (Å²) in [6, 6.07) is 0.616. The number of rotatable bonds is 81. The summed E-state index contributed by atoms with van der Waals surface area (Å²) in [5, 5.41) is 0. The lowest BCUT2D eigenvalue weighted by Crippen LogP contribution is -2.11. The molecule has 18 nitrogen and oxygen atoms in total. The van der Waals surface area contributed by atoms with Crippen LogP contribution < -0.4 is 14.2 Å². The zero-order valence-electron chi connectivity index (χ0n) is 56.9. The second-order valence-corrected chi connectivity index (χ2v) is 33.9. The first-order valence-corrected chi connectivity index (χ1v) is 45.6. The lowest BCUT2D eigenvalue weighted by atomic mass is 10.3. The van der Waals surface area contributed by atoms with Crippen molar-refractivity contribution >= 4 is 144 Å². The van der Waals surface area contributed by atoms with E-state index in [-0.39, 0.29) is 18.0 Å². The molecule has 552 valence electrons. The molecule has 93 heavy (non-hydrogen) atoms. The number of ether oxygens (including phenoxy) is 15. The van der Waals surface area contributed by atoms with Crippen LogP contribution in [0.4, 0.5) is 0 Å². The molecule has 0 spiro atoms. The first-order valence-electron chi connectivity index (χ1n) is 33.9. The van der Waals surface area contributed by atoms with Crippen molar-refractivity contribution in [1.29, 1.82) is 0 Å². The van der Waals surface area contributed by atoms with Crippen LogP contribution in [0.15, 0.2) is 0 Å². The number of thiol groups is 3. The molecule has 0 aliphatic carbocycles. The third-order valence-electron chi connectivity index (χ3n) is 12.2. The molecule has 1 heterocycles. The second-order valence-electron chi connectivity index (χ2n) is 20.1. The molecule has 0 saturated heterocycles. The van der Waals surface area contributed by atoms with Crippen LogP contribution in [0.3, 0.4) is 0 Å². The lowest BCUT2D eigenvalue weighted by molar-refractivity contribution is 0.0604. The number of nitrogens with zero attached hydrogens (tertiary/aromatic N) is 3. The van der Waals surface area contributed by atoms with Crippen molar-refractivity contribution in [3.63, 3.8) is 0 Å². The van der Waals surface area contributed by atoms with Gasteiger partial charge in [-0.2, -0.15) is 73.2 Å². The van der Waals surface area contributed by atoms with Crippen LogP contribution in [0.25, 0.3) is 0 Å². The van der Waals surface area contributed by atoms with Gasteiger partial charge in [-0.25, -0.2) is 0 Å². The summed E-state index contributed by atoms with van der Waals surface area (Å²) >= 11 is 30.0. The molecule has 0 radical (unpaired) electrons. The molecule has 0 bridgehead atoms. The van der Waals surface area contributed by atoms with Gasteiger partial charge in [0.2, 0.25) is 0 Å². The van der Waals surface area contributed by atoms with Crippen LogP contribution in [-0.4, -0.2) is 293 Å². The van der Waals surface area contributed by atoms with Crippen molar-refractivity contribution in [2.24, 2.45) is 0 Å². The predicted molar refractivity (Wildman–Crippen MR) is 418 cm³/mol. The van der Waals surface area contributed by atoms with E-state index in [9.17, 15) is 0 Å². The largest absolute Gasteiger partial charge is 0.463 e. The van der Waals surface area contributed by atoms with Gasteiger partial charge in [0.25, 0.3) is 0 Å². The van der Waals surface area contributed by atoms with E-state index >= 15 is 0 Å². The van der Waals surface area contributed by atoms with Gasteiger partial charge in [0.15, 0.2) is 0 Å². The van der Waals surface area contributed by atoms with E-state index in [4.69, 9.17) is 71.1 Å². The first-order chi connectivity index (χ1) is 46.1. The van der Waals surface area contributed by atoms with Crippen LogP contribution in [0, 0.1) is 0 Å². The Balaban J connectivity index is 2.40. The SMILES string of the molecule is CCCCC(SCCOCCOCCS)SCCOCCOCCSCCCOc1nc(OCCCSCCOCCOCCSC(CCCC)SCCOCCOCCS)nc(OCCCSCCOCCOCCSC(CCCC)SCCOCCOCCS)n1. The van der Waals surface area contributed by atoms with Gasteiger partial charge in [-0.15, -0.1) is 85.5 Å². The van der Waals surface area contributed by atoms with Crippen molar-refractivity contribution < 1.29 is 71.1 Å². The third-order valence-corrected chi connectivity index (χ3v) is 24.3. The van der Waals surface area contributed by atoms with Crippen LogP contribution in [-0.2, 0) is 56.8 Å². The molecule has 0 fully saturated rings. The van der Waals surface area contributed by atoms with Crippen LogP contribution >= 0.6 is 144 Å². The third kappa shape index (κ3) is 69.6. The molecule has 30 heteroatoms. The Morgan fingerprint density at radius 3 is 0.656 bits per heavy atom. The fraction of sp³-hybridized carbons (Fsp3) is 0.952. The molecule has 1 aromatic rings. The Morgan fingerprint density at radius 1 is 0.247 bits per heavy atom. The van der Waals surface area contributed by atoms with Crippen molar-refractivity contribution in [3.8, 4) is 18.0 Å². The Hall–Kier alpha value is 2.13. The van der Waals surface area contributed by atoms with Crippen LogP contribution in [0.1, 0.15) is 97.8 Å². The predicted octanol–water partition coefficient (Wildman–Crippen LogP) is 13.3. The molecule has 0 amide bonds. The highest BCUT2D eigenvalue weighted by atomic mass is 32.2. The minimum atomic E-state index is 0.205. The molecule has 1 aromatic heterocycles. The highest BCUT2D eigenvalue weighted by molar-refractivity contribution is 8.17. The summed E-state index contributed by atoms with van der Waals surface area (Å²) in [4.78, 5) is 13.5. The average Bonchev–Trinajstić information content (AvgIpc) is 3.76. The van der Waals surface area contributed by atoms with Gasteiger partial charge in [-0.1, -0.05) is 59.3 Å². The normalized spacial score (nSPS) is 12.7. The molecule has 0 N–H and O–H groups in total. The van der Waals surface area contributed by atoms with Gasteiger partial charge in [-0.3, -0.25) is 0 Å². The maximum absolute atomic E-state index is 6.03. The number of unbranched alkanes of at least 4 members (excludes halogenated alkanes) is 3. The lowest BCUT2D eigenvalue weighted by Gasteiger charge is -2.16. The van der Waals surface area contributed by atoms with Gasteiger partial charge in [0.1, 0.15) is 0 Å². The second kappa shape index (κ2) is 79.8. The van der Waals surface area contributed by atoms with Crippen molar-refractivity contribution in [2.45, 2.75) is 112 Å². The molecule has 0 aromatic carbocycles. The van der Waals surface area contributed by atoms with Gasteiger partial charge in [0.05, 0.1) is 192 Å². The molecule has 3 atom stereocenters. The number of aromatic nitrogens is 3. The molecule has 0 aliphatic rings. The summed E-state index contributed by atoms with van der Waals surface area (Å²) in [7, 11) is 0. The average molecular weight is 1550 g/mol. The molecular formula is C63H123N3O15S12. The van der Waals surface area contributed by atoms with Gasteiger partial charge in [-0.05, 0) is 55.8 Å². The first kappa shape index (κ1) is 93.1. The van der Waals surface area contributed by atoms with Crippen LogP contribution in [0.2, 0.25) is 0 Å².